The van der Waals surface area contributed by atoms with Gasteiger partial charge in [-0.3, -0.25) is 9.69 Å². The molecule has 5 heteroatoms. The minimum atomic E-state index is -0.137. The molecule has 0 aliphatic carbocycles. The Labute approximate surface area is 143 Å². The zero-order valence-corrected chi connectivity index (χ0v) is 14.3. The van der Waals surface area contributed by atoms with E-state index in [1.807, 2.05) is 24.3 Å². The van der Waals surface area contributed by atoms with Crippen LogP contribution in [0.1, 0.15) is 24.8 Å². The molecule has 24 heavy (non-hydrogen) atoms. The molecule has 130 valence electrons. The van der Waals surface area contributed by atoms with Gasteiger partial charge in [-0.05, 0) is 12.0 Å². The number of rotatable bonds is 3. The lowest BCUT2D eigenvalue weighted by Gasteiger charge is -2.34. The summed E-state index contributed by atoms with van der Waals surface area (Å²) in [4.78, 5) is 17.7. The molecular weight excluding hydrogens is 304 g/mol. The molecule has 2 saturated heterocycles. The summed E-state index contributed by atoms with van der Waals surface area (Å²) in [7, 11) is 0. The van der Waals surface area contributed by atoms with Crippen LogP contribution in [-0.4, -0.2) is 67.7 Å². The molecule has 4 rings (SSSR count). The molecule has 0 aromatic heterocycles. The summed E-state index contributed by atoms with van der Waals surface area (Å²) >= 11 is 0. The summed E-state index contributed by atoms with van der Waals surface area (Å²) in [6.45, 7) is 8.02. The van der Waals surface area contributed by atoms with Gasteiger partial charge in [-0.2, -0.15) is 0 Å². The van der Waals surface area contributed by atoms with Gasteiger partial charge in [0.1, 0.15) is 18.3 Å². The minimum absolute atomic E-state index is 0.137. The van der Waals surface area contributed by atoms with Crippen LogP contribution in [0, 0.1) is 5.92 Å². The SMILES string of the molecule is CC[C@@H]1CN(C(=O)[C@H]2COc3ccccc32)C[C@@H]1N1CCOCC1. The van der Waals surface area contributed by atoms with Gasteiger partial charge in [-0.1, -0.05) is 31.5 Å². The van der Waals surface area contributed by atoms with E-state index < -0.39 is 0 Å². The smallest absolute Gasteiger partial charge is 0.233 e. The third kappa shape index (κ3) is 2.80. The van der Waals surface area contributed by atoms with Gasteiger partial charge in [-0.15, -0.1) is 0 Å². The predicted octanol–water partition coefficient (Wildman–Crippen LogP) is 1.73. The maximum absolute atomic E-state index is 13.1. The van der Waals surface area contributed by atoms with Crippen molar-refractivity contribution in [2.45, 2.75) is 25.3 Å². The highest BCUT2D eigenvalue weighted by Gasteiger charge is 2.41. The van der Waals surface area contributed by atoms with Crippen LogP contribution in [0.2, 0.25) is 0 Å². The number of benzene rings is 1. The summed E-state index contributed by atoms with van der Waals surface area (Å²) in [5.41, 5.74) is 1.05. The van der Waals surface area contributed by atoms with Crippen molar-refractivity contribution in [2.75, 3.05) is 46.0 Å². The van der Waals surface area contributed by atoms with Crippen molar-refractivity contribution in [3.63, 3.8) is 0 Å². The lowest BCUT2D eigenvalue weighted by atomic mass is 9.99. The van der Waals surface area contributed by atoms with Crippen molar-refractivity contribution in [3.05, 3.63) is 29.8 Å². The van der Waals surface area contributed by atoms with E-state index in [0.717, 1.165) is 57.1 Å². The molecule has 0 spiro atoms. The maximum atomic E-state index is 13.1. The fourth-order valence-electron chi connectivity index (χ4n) is 4.35. The van der Waals surface area contributed by atoms with E-state index in [-0.39, 0.29) is 11.8 Å². The number of amides is 1. The molecule has 3 heterocycles. The minimum Gasteiger partial charge on any atom is -0.492 e. The van der Waals surface area contributed by atoms with Crippen molar-refractivity contribution in [2.24, 2.45) is 5.92 Å². The number of hydrogen-bond donors (Lipinski definition) is 0. The largest absolute Gasteiger partial charge is 0.492 e. The molecule has 5 nitrogen and oxygen atoms in total. The average molecular weight is 330 g/mol. The standard InChI is InChI=1S/C19H26N2O3/c1-2-14-11-21(12-17(14)20-7-9-23-10-8-20)19(22)16-13-24-18-6-4-3-5-15(16)18/h3-6,14,16-17H,2,7-13H2,1H3/t14-,16+,17+/m1/s1. The van der Waals surface area contributed by atoms with Crippen LogP contribution in [0.4, 0.5) is 0 Å². The molecule has 1 aromatic rings. The molecule has 3 aliphatic rings. The van der Waals surface area contributed by atoms with E-state index >= 15 is 0 Å². The number of carbonyl (C=O) groups is 1. The lowest BCUT2D eigenvalue weighted by Crippen LogP contribution is -2.47. The summed E-state index contributed by atoms with van der Waals surface area (Å²) in [5.74, 6) is 1.52. The second-order valence-corrected chi connectivity index (χ2v) is 7.03. The zero-order valence-electron chi connectivity index (χ0n) is 14.3. The first-order chi connectivity index (χ1) is 11.8. The quantitative estimate of drug-likeness (QED) is 0.846. The Hall–Kier alpha value is -1.59. The number of hydrogen-bond acceptors (Lipinski definition) is 4. The molecule has 1 amide bonds. The molecule has 3 atom stereocenters. The van der Waals surface area contributed by atoms with E-state index in [2.05, 4.69) is 16.7 Å². The Balaban J connectivity index is 1.48. The van der Waals surface area contributed by atoms with Gasteiger partial charge in [0, 0.05) is 37.8 Å². The Morgan fingerprint density at radius 3 is 2.79 bits per heavy atom. The van der Waals surface area contributed by atoms with Crippen LogP contribution in [0.3, 0.4) is 0 Å². The van der Waals surface area contributed by atoms with Crippen LogP contribution in [0.25, 0.3) is 0 Å². The highest BCUT2D eigenvalue weighted by atomic mass is 16.5. The Morgan fingerprint density at radius 1 is 1.21 bits per heavy atom. The van der Waals surface area contributed by atoms with Gasteiger partial charge in [-0.25, -0.2) is 0 Å². The van der Waals surface area contributed by atoms with Crippen molar-refractivity contribution in [3.8, 4) is 5.75 Å². The van der Waals surface area contributed by atoms with Gasteiger partial charge >= 0.3 is 0 Å². The molecule has 0 saturated carbocycles. The van der Waals surface area contributed by atoms with Gasteiger partial charge in [0.05, 0.1) is 13.2 Å². The van der Waals surface area contributed by atoms with E-state index in [0.29, 0.717) is 18.6 Å². The van der Waals surface area contributed by atoms with Crippen LogP contribution >= 0.6 is 0 Å². The number of ether oxygens (including phenoxy) is 2. The van der Waals surface area contributed by atoms with Crippen molar-refractivity contribution in [1.29, 1.82) is 0 Å². The van der Waals surface area contributed by atoms with Crippen molar-refractivity contribution < 1.29 is 14.3 Å². The summed E-state index contributed by atoms with van der Waals surface area (Å²) in [6, 6.07) is 8.41. The summed E-state index contributed by atoms with van der Waals surface area (Å²) in [6.07, 6.45) is 1.11. The Morgan fingerprint density at radius 2 is 2.00 bits per heavy atom. The number of para-hydroxylation sites is 1. The second-order valence-electron chi connectivity index (χ2n) is 7.03. The van der Waals surface area contributed by atoms with E-state index in [9.17, 15) is 4.79 Å². The number of nitrogens with zero attached hydrogens (tertiary/aromatic N) is 2. The highest BCUT2D eigenvalue weighted by molar-refractivity contribution is 5.86. The Kier molecular flexibility index (Phi) is 4.46. The third-order valence-electron chi connectivity index (χ3n) is 5.76. The van der Waals surface area contributed by atoms with Gasteiger partial charge in [0.2, 0.25) is 5.91 Å². The molecule has 3 aliphatic heterocycles. The highest BCUT2D eigenvalue weighted by Crippen LogP contribution is 2.36. The lowest BCUT2D eigenvalue weighted by molar-refractivity contribution is -0.132. The van der Waals surface area contributed by atoms with Crippen molar-refractivity contribution in [1.82, 2.24) is 9.80 Å². The van der Waals surface area contributed by atoms with Gasteiger partial charge in [0.25, 0.3) is 0 Å². The second kappa shape index (κ2) is 6.73. The number of likely N-dealkylation sites (tertiary alicyclic amines) is 1. The first-order valence-corrected chi connectivity index (χ1v) is 9.10. The fraction of sp³-hybridized carbons (Fsp3) is 0.632. The molecule has 0 bridgehead atoms. The summed E-state index contributed by atoms with van der Waals surface area (Å²) in [5, 5.41) is 0. The number of morpholine rings is 1. The fourth-order valence-corrected chi connectivity index (χ4v) is 4.35. The van der Waals surface area contributed by atoms with Crippen LogP contribution in [-0.2, 0) is 9.53 Å². The van der Waals surface area contributed by atoms with Gasteiger partial charge in [0.15, 0.2) is 0 Å². The van der Waals surface area contributed by atoms with Crippen LogP contribution < -0.4 is 4.74 Å². The van der Waals surface area contributed by atoms with Crippen LogP contribution in [0.5, 0.6) is 5.75 Å². The monoisotopic (exact) mass is 330 g/mol. The number of fused-ring (bicyclic) bond motifs is 1. The molecule has 0 radical (unpaired) electrons. The molecular formula is C19H26N2O3. The molecule has 2 fully saturated rings. The van der Waals surface area contributed by atoms with Crippen LogP contribution in [0.15, 0.2) is 24.3 Å². The maximum Gasteiger partial charge on any atom is 0.233 e. The van der Waals surface area contributed by atoms with E-state index in [1.54, 1.807) is 0 Å². The van der Waals surface area contributed by atoms with E-state index in [4.69, 9.17) is 9.47 Å². The molecule has 1 aromatic carbocycles. The number of carbonyl (C=O) groups excluding carboxylic acids is 1. The molecule has 0 unspecified atom stereocenters. The first kappa shape index (κ1) is 15.9. The Bertz CT molecular complexity index is 600. The third-order valence-corrected chi connectivity index (χ3v) is 5.76. The molecule has 0 N–H and O–H groups in total. The van der Waals surface area contributed by atoms with Crippen molar-refractivity contribution >= 4 is 5.91 Å². The normalized spacial score (nSPS) is 30.2. The van der Waals surface area contributed by atoms with E-state index in [1.165, 1.54) is 0 Å². The predicted molar refractivity (Wildman–Crippen MR) is 91.2 cm³/mol. The van der Waals surface area contributed by atoms with Gasteiger partial charge < -0.3 is 14.4 Å². The summed E-state index contributed by atoms with van der Waals surface area (Å²) < 4.78 is 11.2. The first-order valence-electron chi connectivity index (χ1n) is 9.10. The topological polar surface area (TPSA) is 42.0 Å². The zero-order chi connectivity index (χ0) is 16.5. The average Bonchev–Trinajstić information content (AvgIpc) is 3.26.